The van der Waals surface area contributed by atoms with Gasteiger partial charge in [-0.3, -0.25) is 14.4 Å². The van der Waals surface area contributed by atoms with Crippen molar-refractivity contribution in [2.45, 2.75) is 32.4 Å². The molecule has 1 amide bonds. The van der Waals surface area contributed by atoms with E-state index in [2.05, 4.69) is 0 Å². The average Bonchev–Trinajstić information content (AvgIpc) is 3.09. The zero-order valence-corrected chi connectivity index (χ0v) is 16.2. The summed E-state index contributed by atoms with van der Waals surface area (Å²) in [7, 11) is 0. The first kappa shape index (κ1) is 20.5. The molecule has 6 heteroatoms. The van der Waals surface area contributed by atoms with Gasteiger partial charge in [-0.2, -0.15) is 0 Å². The number of benzene rings is 2. The lowest BCUT2D eigenvalue weighted by Crippen LogP contribution is -2.43. The number of carbonyl (C=O) groups excluding carboxylic acids is 4. The molecule has 0 saturated carbocycles. The van der Waals surface area contributed by atoms with Crippen LogP contribution >= 0.6 is 0 Å². The maximum absolute atomic E-state index is 12.8. The molecule has 2 atom stereocenters. The number of nitrogens with zero attached hydrogens (tertiary/aromatic N) is 1. The van der Waals surface area contributed by atoms with E-state index in [1.165, 1.54) is 6.92 Å². The number of likely N-dealkylation sites (tertiary alicyclic amines) is 1. The molecule has 1 heterocycles. The molecule has 0 aromatic heterocycles. The minimum absolute atomic E-state index is 0.00180. The molecule has 1 saturated heterocycles. The zero-order chi connectivity index (χ0) is 20.8. The van der Waals surface area contributed by atoms with Crippen LogP contribution in [0.2, 0.25) is 0 Å². The van der Waals surface area contributed by atoms with E-state index in [1.807, 2.05) is 48.5 Å². The first-order chi connectivity index (χ1) is 14.0. The van der Waals surface area contributed by atoms with Crippen molar-refractivity contribution in [3.8, 4) is 0 Å². The first-order valence-electron chi connectivity index (χ1n) is 9.55. The van der Waals surface area contributed by atoms with Crippen LogP contribution in [0, 0.1) is 5.92 Å². The normalized spacial score (nSPS) is 18.5. The van der Waals surface area contributed by atoms with E-state index in [9.17, 15) is 19.2 Å². The summed E-state index contributed by atoms with van der Waals surface area (Å²) >= 11 is 0. The summed E-state index contributed by atoms with van der Waals surface area (Å²) in [5.74, 6) is -3.04. The molecule has 0 aliphatic carbocycles. The molecule has 29 heavy (non-hydrogen) atoms. The van der Waals surface area contributed by atoms with Crippen molar-refractivity contribution in [2.24, 2.45) is 5.92 Å². The summed E-state index contributed by atoms with van der Waals surface area (Å²) in [5, 5.41) is 0. The Morgan fingerprint density at radius 1 is 0.966 bits per heavy atom. The molecule has 6 nitrogen and oxygen atoms in total. The summed E-state index contributed by atoms with van der Waals surface area (Å²) in [6, 6.07) is 17.2. The van der Waals surface area contributed by atoms with Crippen LogP contribution in [0.3, 0.4) is 0 Å². The molecule has 0 radical (unpaired) electrons. The third-order valence-electron chi connectivity index (χ3n) is 5.05. The van der Waals surface area contributed by atoms with Gasteiger partial charge >= 0.3 is 5.97 Å². The quantitative estimate of drug-likeness (QED) is 0.533. The Bertz CT molecular complexity index is 894. The van der Waals surface area contributed by atoms with E-state index in [-0.39, 0.29) is 25.4 Å². The Morgan fingerprint density at radius 2 is 1.55 bits per heavy atom. The number of ketones is 2. The Balaban J connectivity index is 1.65. The second-order valence-electron chi connectivity index (χ2n) is 7.07. The van der Waals surface area contributed by atoms with Gasteiger partial charge in [0.2, 0.25) is 5.91 Å². The molecule has 1 unspecified atom stereocenters. The number of hydrogen-bond donors (Lipinski definition) is 0. The minimum atomic E-state index is -1.36. The molecule has 1 fully saturated rings. The number of hydrogen-bond acceptors (Lipinski definition) is 5. The Labute approximate surface area is 169 Å². The van der Waals surface area contributed by atoms with Gasteiger partial charge in [0, 0.05) is 19.9 Å². The second-order valence-corrected chi connectivity index (χ2v) is 7.07. The van der Waals surface area contributed by atoms with E-state index >= 15 is 0 Å². The molecule has 1 aliphatic rings. The number of ether oxygens (including phenoxy) is 1. The van der Waals surface area contributed by atoms with Gasteiger partial charge in [0.15, 0.2) is 11.8 Å². The highest BCUT2D eigenvalue weighted by atomic mass is 16.5. The molecule has 0 spiro atoms. The third-order valence-corrected chi connectivity index (χ3v) is 5.05. The van der Waals surface area contributed by atoms with Crippen LogP contribution in [0.4, 0.5) is 0 Å². The number of Topliss-reactive ketones (excluding diaryl/α,β-unsaturated/α-hetero) is 2. The molecule has 0 N–H and O–H groups in total. The van der Waals surface area contributed by atoms with Crippen molar-refractivity contribution >= 4 is 23.4 Å². The largest absolute Gasteiger partial charge is 0.459 e. The second kappa shape index (κ2) is 9.28. The van der Waals surface area contributed by atoms with E-state index in [0.29, 0.717) is 6.42 Å². The molecule has 150 valence electrons. The van der Waals surface area contributed by atoms with Crippen LogP contribution in [0.1, 0.15) is 24.5 Å². The number of esters is 1. The Morgan fingerprint density at radius 3 is 2.14 bits per heavy atom. The predicted molar refractivity (Wildman–Crippen MR) is 106 cm³/mol. The lowest BCUT2D eigenvalue weighted by molar-refractivity contribution is -0.156. The average molecular weight is 393 g/mol. The number of carbonyl (C=O) groups is 4. The van der Waals surface area contributed by atoms with Gasteiger partial charge in [0.05, 0.1) is 5.92 Å². The van der Waals surface area contributed by atoms with E-state index in [1.54, 1.807) is 12.1 Å². The zero-order valence-electron chi connectivity index (χ0n) is 16.2. The van der Waals surface area contributed by atoms with Gasteiger partial charge < -0.3 is 9.64 Å². The highest BCUT2D eigenvalue weighted by Crippen LogP contribution is 2.24. The van der Waals surface area contributed by atoms with Gasteiger partial charge in [0.1, 0.15) is 12.4 Å². The fraction of sp³-hybridized carbons (Fsp3) is 0.304. The van der Waals surface area contributed by atoms with E-state index < -0.39 is 29.6 Å². The summed E-state index contributed by atoms with van der Waals surface area (Å²) < 4.78 is 5.26. The van der Waals surface area contributed by atoms with Crippen molar-refractivity contribution in [1.29, 1.82) is 0 Å². The van der Waals surface area contributed by atoms with Crippen LogP contribution in [0.5, 0.6) is 0 Å². The maximum atomic E-state index is 12.8. The van der Waals surface area contributed by atoms with Crippen LogP contribution in [-0.4, -0.2) is 40.9 Å². The lowest BCUT2D eigenvalue weighted by Gasteiger charge is -2.20. The SMILES string of the molecule is CC(=O)N1C[C@H](C(=O)CCc2ccccc2)C(=O)C1C(=O)OCc1ccccc1. The monoisotopic (exact) mass is 393 g/mol. The van der Waals surface area contributed by atoms with Crippen molar-refractivity contribution in [2.75, 3.05) is 6.54 Å². The number of rotatable bonds is 7. The van der Waals surface area contributed by atoms with Crippen LogP contribution in [0.25, 0.3) is 0 Å². The summed E-state index contributed by atoms with van der Waals surface area (Å²) in [6.45, 7) is 1.20. The Kier molecular flexibility index (Phi) is 6.54. The smallest absolute Gasteiger partial charge is 0.337 e. The van der Waals surface area contributed by atoms with Gasteiger partial charge in [-0.25, -0.2) is 4.79 Å². The fourth-order valence-corrected chi connectivity index (χ4v) is 3.44. The standard InChI is InChI=1S/C23H23NO5/c1-16(25)24-14-19(20(26)13-12-17-8-4-2-5-9-17)22(27)21(24)23(28)29-15-18-10-6-3-7-11-18/h2-11,19,21H,12-15H2,1H3/t19-,21?/m1/s1. The van der Waals surface area contributed by atoms with Gasteiger partial charge in [0.25, 0.3) is 0 Å². The molecular weight excluding hydrogens is 370 g/mol. The number of aryl methyl sites for hydroxylation is 1. The Hall–Kier alpha value is -3.28. The van der Waals surface area contributed by atoms with E-state index in [4.69, 9.17) is 4.74 Å². The third kappa shape index (κ3) is 4.96. The highest BCUT2D eigenvalue weighted by molar-refractivity contribution is 6.16. The lowest BCUT2D eigenvalue weighted by atomic mass is 9.94. The molecule has 2 aromatic carbocycles. The highest BCUT2D eigenvalue weighted by Gasteiger charge is 2.49. The summed E-state index contributed by atoms with van der Waals surface area (Å²) in [6.07, 6.45) is 0.685. The van der Waals surface area contributed by atoms with Crippen molar-refractivity contribution in [1.82, 2.24) is 4.90 Å². The van der Waals surface area contributed by atoms with Crippen molar-refractivity contribution in [3.63, 3.8) is 0 Å². The fourth-order valence-electron chi connectivity index (χ4n) is 3.44. The molecule has 0 bridgehead atoms. The molecular formula is C23H23NO5. The summed E-state index contributed by atoms with van der Waals surface area (Å²) in [5.41, 5.74) is 1.77. The van der Waals surface area contributed by atoms with Crippen LogP contribution in [-0.2, 0) is 36.9 Å². The van der Waals surface area contributed by atoms with Crippen LogP contribution in [0.15, 0.2) is 60.7 Å². The van der Waals surface area contributed by atoms with E-state index in [0.717, 1.165) is 16.0 Å². The summed E-state index contributed by atoms with van der Waals surface area (Å²) in [4.78, 5) is 51.1. The van der Waals surface area contributed by atoms with Crippen molar-refractivity contribution < 1.29 is 23.9 Å². The topological polar surface area (TPSA) is 80.8 Å². The van der Waals surface area contributed by atoms with Crippen molar-refractivity contribution in [3.05, 3.63) is 71.8 Å². The van der Waals surface area contributed by atoms with Gasteiger partial charge in [-0.1, -0.05) is 60.7 Å². The first-order valence-corrected chi connectivity index (χ1v) is 9.55. The van der Waals surface area contributed by atoms with Gasteiger partial charge in [-0.05, 0) is 17.5 Å². The minimum Gasteiger partial charge on any atom is -0.459 e. The van der Waals surface area contributed by atoms with Crippen LogP contribution < -0.4 is 0 Å². The molecule has 1 aliphatic heterocycles. The predicted octanol–water partition coefficient (Wildman–Crippen LogP) is 2.35. The maximum Gasteiger partial charge on any atom is 0.337 e. The molecule has 2 aromatic rings. The molecule has 3 rings (SSSR count). The number of amides is 1. The van der Waals surface area contributed by atoms with Gasteiger partial charge in [-0.15, -0.1) is 0 Å².